The Balaban J connectivity index is 1.46. The molecule has 1 aromatic heterocycles. The summed E-state index contributed by atoms with van der Waals surface area (Å²) in [6.45, 7) is 3.38. The zero-order valence-corrected chi connectivity index (χ0v) is 12.3. The number of fused-ring (bicyclic) bond motifs is 1. The fourth-order valence-electron chi connectivity index (χ4n) is 2.19. The predicted molar refractivity (Wildman–Crippen MR) is 79.3 cm³/mol. The van der Waals surface area contributed by atoms with Crippen LogP contribution in [0.25, 0.3) is 0 Å². The van der Waals surface area contributed by atoms with Gasteiger partial charge in [-0.25, -0.2) is 4.98 Å². The van der Waals surface area contributed by atoms with Gasteiger partial charge in [-0.2, -0.15) is 0 Å². The summed E-state index contributed by atoms with van der Waals surface area (Å²) in [5.41, 5.74) is 4.27. The lowest BCUT2D eigenvalue weighted by molar-refractivity contribution is 0.174. The lowest BCUT2D eigenvalue weighted by atomic mass is 10.1. The highest BCUT2D eigenvalue weighted by Crippen LogP contribution is 2.32. The first kappa shape index (κ1) is 13.4. The highest BCUT2D eigenvalue weighted by Gasteiger charge is 2.13. The summed E-state index contributed by atoms with van der Waals surface area (Å²) in [5.74, 6) is 1.72. The average Bonchev–Trinajstić information content (AvgIpc) is 3.13. The second kappa shape index (κ2) is 6.24. The van der Waals surface area contributed by atoms with Gasteiger partial charge in [-0.15, -0.1) is 11.3 Å². The Bertz CT molecular complexity index is 557. The van der Waals surface area contributed by atoms with Crippen LogP contribution in [0.3, 0.4) is 0 Å². The number of nitrogens with zero attached hydrogens (tertiary/aromatic N) is 1. The van der Waals surface area contributed by atoms with E-state index in [1.807, 2.05) is 11.6 Å². The van der Waals surface area contributed by atoms with Gasteiger partial charge in [0.05, 0.1) is 11.2 Å². The van der Waals surface area contributed by atoms with E-state index in [4.69, 9.17) is 9.47 Å². The minimum Gasteiger partial charge on any atom is -0.454 e. The maximum Gasteiger partial charge on any atom is 0.231 e. The van der Waals surface area contributed by atoms with Gasteiger partial charge in [0.15, 0.2) is 11.5 Å². The smallest absolute Gasteiger partial charge is 0.231 e. The number of hydrogen-bond donors (Lipinski definition) is 1. The van der Waals surface area contributed by atoms with Crippen molar-refractivity contribution in [3.05, 3.63) is 40.3 Å². The van der Waals surface area contributed by atoms with E-state index in [2.05, 4.69) is 34.7 Å². The summed E-state index contributed by atoms with van der Waals surface area (Å²) in [5, 5.41) is 5.58. The van der Waals surface area contributed by atoms with Crippen LogP contribution in [0.15, 0.2) is 29.1 Å². The molecule has 0 aliphatic carbocycles. The van der Waals surface area contributed by atoms with Crippen molar-refractivity contribution in [1.82, 2.24) is 10.3 Å². The zero-order valence-electron chi connectivity index (χ0n) is 11.5. The van der Waals surface area contributed by atoms with Crippen molar-refractivity contribution < 1.29 is 9.47 Å². The van der Waals surface area contributed by atoms with E-state index in [0.717, 1.165) is 36.6 Å². The molecule has 0 amide bonds. The molecule has 1 aliphatic rings. The molecular weight excluding hydrogens is 272 g/mol. The second-order valence-corrected chi connectivity index (χ2v) is 5.71. The van der Waals surface area contributed by atoms with Crippen LogP contribution in [0.4, 0.5) is 0 Å². The Hall–Kier alpha value is -1.59. The molecule has 1 aliphatic heterocycles. The van der Waals surface area contributed by atoms with E-state index >= 15 is 0 Å². The van der Waals surface area contributed by atoms with Crippen LogP contribution in [0.5, 0.6) is 11.5 Å². The Kier molecular flexibility index (Phi) is 4.18. The SMILES string of the molecule is CC(CCc1ccc2c(c1)OCO2)NCc1cscn1. The molecule has 3 rings (SSSR count). The molecule has 0 radical (unpaired) electrons. The van der Waals surface area contributed by atoms with Gasteiger partial charge in [0.1, 0.15) is 0 Å². The molecular formula is C15H18N2O2S. The fraction of sp³-hybridized carbons (Fsp3) is 0.400. The van der Waals surface area contributed by atoms with Crippen molar-refractivity contribution in [2.75, 3.05) is 6.79 Å². The normalized spacial score (nSPS) is 14.4. The monoisotopic (exact) mass is 290 g/mol. The third-order valence-corrected chi connectivity index (χ3v) is 4.05. The molecule has 0 bridgehead atoms. The van der Waals surface area contributed by atoms with Crippen molar-refractivity contribution >= 4 is 11.3 Å². The lowest BCUT2D eigenvalue weighted by Crippen LogP contribution is -2.26. The van der Waals surface area contributed by atoms with Crippen LogP contribution in [-0.2, 0) is 13.0 Å². The maximum atomic E-state index is 5.40. The van der Waals surface area contributed by atoms with E-state index in [-0.39, 0.29) is 0 Å². The summed E-state index contributed by atoms with van der Waals surface area (Å²) < 4.78 is 10.7. The molecule has 0 fully saturated rings. The van der Waals surface area contributed by atoms with E-state index in [1.165, 1.54) is 5.56 Å². The Labute approximate surface area is 122 Å². The standard InChI is InChI=1S/C15H18N2O2S/c1-11(16-7-13-8-20-9-17-13)2-3-12-4-5-14-15(6-12)19-10-18-14/h4-6,8-9,11,16H,2-3,7,10H2,1H3. The number of nitrogens with one attached hydrogen (secondary N) is 1. The molecule has 1 N–H and O–H groups in total. The van der Waals surface area contributed by atoms with Crippen LogP contribution in [0.2, 0.25) is 0 Å². The van der Waals surface area contributed by atoms with Gasteiger partial charge >= 0.3 is 0 Å². The first-order valence-corrected chi connectivity index (χ1v) is 7.74. The predicted octanol–water partition coefficient (Wildman–Crippen LogP) is 2.98. The largest absolute Gasteiger partial charge is 0.454 e. The molecule has 5 heteroatoms. The molecule has 0 saturated carbocycles. The molecule has 1 atom stereocenters. The molecule has 1 unspecified atom stereocenters. The number of rotatable bonds is 6. The molecule has 20 heavy (non-hydrogen) atoms. The number of ether oxygens (including phenoxy) is 2. The maximum absolute atomic E-state index is 5.40. The van der Waals surface area contributed by atoms with Gasteiger partial charge in [0.2, 0.25) is 6.79 Å². The molecule has 2 aromatic rings. The van der Waals surface area contributed by atoms with Gasteiger partial charge in [-0.05, 0) is 37.5 Å². The molecule has 2 heterocycles. The van der Waals surface area contributed by atoms with E-state index in [0.29, 0.717) is 12.8 Å². The number of aryl methyl sites for hydroxylation is 1. The number of hydrogen-bond acceptors (Lipinski definition) is 5. The van der Waals surface area contributed by atoms with Crippen LogP contribution in [-0.4, -0.2) is 17.8 Å². The van der Waals surface area contributed by atoms with E-state index in [1.54, 1.807) is 11.3 Å². The second-order valence-electron chi connectivity index (χ2n) is 4.99. The Morgan fingerprint density at radius 3 is 3.10 bits per heavy atom. The van der Waals surface area contributed by atoms with Crippen molar-refractivity contribution in [2.24, 2.45) is 0 Å². The average molecular weight is 290 g/mol. The van der Waals surface area contributed by atoms with Gasteiger partial charge in [0.25, 0.3) is 0 Å². The topological polar surface area (TPSA) is 43.4 Å². The highest BCUT2D eigenvalue weighted by atomic mass is 32.1. The first-order valence-electron chi connectivity index (χ1n) is 6.80. The summed E-state index contributed by atoms with van der Waals surface area (Å²) >= 11 is 1.64. The van der Waals surface area contributed by atoms with Crippen molar-refractivity contribution in [2.45, 2.75) is 32.4 Å². The van der Waals surface area contributed by atoms with Gasteiger partial charge < -0.3 is 14.8 Å². The summed E-state index contributed by atoms with van der Waals surface area (Å²) in [6.07, 6.45) is 2.12. The summed E-state index contributed by atoms with van der Waals surface area (Å²) in [6, 6.07) is 6.64. The third kappa shape index (κ3) is 3.29. The Morgan fingerprint density at radius 1 is 1.35 bits per heavy atom. The van der Waals surface area contributed by atoms with Gasteiger partial charge in [-0.3, -0.25) is 0 Å². The lowest BCUT2D eigenvalue weighted by Gasteiger charge is -2.13. The number of aromatic nitrogens is 1. The summed E-state index contributed by atoms with van der Waals surface area (Å²) in [7, 11) is 0. The van der Waals surface area contributed by atoms with E-state index in [9.17, 15) is 0 Å². The quantitative estimate of drug-likeness (QED) is 0.888. The van der Waals surface area contributed by atoms with Crippen LogP contribution >= 0.6 is 11.3 Å². The third-order valence-electron chi connectivity index (χ3n) is 3.42. The zero-order chi connectivity index (χ0) is 13.8. The van der Waals surface area contributed by atoms with Gasteiger partial charge in [-0.1, -0.05) is 6.07 Å². The van der Waals surface area contributed by atoms with Crippen LogP contribution in [0.1, 0.15) is 24.6 Å². The van der Waals surface area contributed by atoms with Crippen LogP contribution in [0, 0.1) is 0 Å². The first-order chi connectivity index (χ1) is 9.81. The van der Waals surface area contributed by atoms with Crippen molar-refractivity contribution in [3.63, 3.8) is 0 Å². The van der Waals surface area contributed by atoms with Crippen molar-refractivity contribution in [1.29, 1.82) is 0 Å². The highest BCUT2D eigenvalue weighted by molar-refractivity contribution is 7.07. The van der Waals surface area contributed by atoms with E-state index < -0.39 is 0 Å². The minimum absolute atomic E-state index is 0.338. The van der Waals surface area contributed by atoms with Crippen LogP contribution < -0.4 is 14.8 Å². The minimum atomic E-state index is 0.338. The van der Waals surface area contributed by atoms with Gasteiger partial charge in [0, 0.05) is 18.0 Å². The Morgan fingerprint density at radius 2 is 2.25 bits per heavy atom. The molecule has 106 valence electrons. The number of benzene rings is 1. The number of thiazole rings is 1. The molecule has 4 nitrogen and oxygen atoms in total. The molecule has 0 spiro atoms. The summed E-state index contributed by atoms with van der Waals surface area (Å²) in [4.78, 5) is 4.27. The van der Waals surface area contributed by atoms with Crippen molar-refractivity contribution in [3.8, 4) is 11.5 Å². The molecule has 1 aromatic carbocycles. The molecule has 0 saturated heterocycles. The fourth-order valence-corrected chi connectivity index (χ4v) is 2.74.